The number of rotatable bonds is 6. The minimum atomic E-state index is -0.770. The molecular weight excluding hydrogens is 290 g/mol. The first-order valence-corrected chi connectivity index (χ1v) is 7.82. The maximum Gasteiger partial charge on any atom is 0.304 e. The Morgan fingerprint density at radius 2 is 1.91 bits per heavy atom. The van der Waals surface area contributed by atoms with E-state index >= 15 is 0 Å². The molecule has 0 spiro atoms. The van der Waals surface area contributed by atoms with Crippen molar-refractivity contribution in [3.05, 3.63) is 47.8 Å². The summed E-state index contributed by atoms with van der Waals surface area (Å²) in [4.78, 5) is 12.8. The van der Waals surface area contributed by atoms with E-state index in [0.717, 1.165) is 16.9 Å². The Balaban J connectivity index is 2.27. The Morgan fingerprint density at radius 1 is 1.26 bits per heavy atom. The number of benzene rings is 1. The van der Waals surface area contributed by atoms with Crippen molar-refractivity contribution in [3.63, 3.8) is 0 Å². The van der Waals surface area contributed by atoms with Crippen molar-refractivity contribution in [2.75, 3.05) is 13.6 Å². The smallest absolute Gasteiger partial charge is 0.304 e. The summed E-state index contributed by atoms with van der Waals surface area (Å²) in [5.41, 5.74) is 3.14. The third-order valence-corrected chi connectivity index (χ3v) is 3.67. The van der Waals surface area contributed by atoms with Gasteiger partial charge in [-0.05, 0) is 19.2 Å². The molecular formula is C18H25N3O2. The van der Waals surface area contributed by atoms with E-state index in [9.17, 15) is 4.79 Å². The molecule has 124 valence electrons. The van der Waals surface area contributed by atoms with Crippen LogP contribution in [0.3, 0.4) is 0 Å². The number of hydrogen-bond acceptors (Lipinski definition) is 3. The van der Waals surface area contributed by atoms with Crippen molar-refractivity contribution in [3.8, 4) is 5.69 Å². The van der Waals surface area contributed by atoms with Crippen LogP contribution in [-0.4, -0.2) is 39.3 Å². The largest absolute Gasteiger partial charge is 0.481 e. The zero-order valence-corrected chi connectivity index (χ0v) is 14.3. The van der Waals surface area contributed by atoms with Gasteiger partial charge in [-0.3, -0.25) is 4.79 Å². The second-order valence-corrected chi connectivity index (χ2v) is 6.91. The van der Waals surface area contributed by atoms with Crippen molar-refractivity contribution in [2.24, 2.45) is 0 Å². The van der Waals surface area contributed by atoms with Gasteiger partial charge in [0.1, 0.15) is 0 Å². The van der Waals surface area contributed by atoms with Crippen LogP contribution >= 0.6 is 0 Å². The van der Waals surface area contributed by atoms with Crippen LogP contribution in [0.15, 0.2) is 36.5 Å². The number of carboxylic acid groups (broad SMARTS) is 1. The average molecular weight is 315 g/mol. The molecule has 2 aromatic rings. The molecule has 0 fully saturated rings. The van der Waals surface area contributed by atoms with E-state index in [2.05, 4.69) is 20.8 Å². The quantitative estimate of drug-likeness (QED) is 0.890. The van der Waals surface area contributed by atoms with Gasteiger partial charge in [-0.1, -0.05) is 39.0 Å². The number of hydrogen-bond donors (Lipinski definition) is 1. The van der Waals surface area contributed by atoms with Gasteiger partial charge in [0.25, 0.3) is 0 Å². The summed E-state index contributed by atoms with van der Waals surface area (Å²) in [5.74, 6) is -0.770. The summed E-state index contributed by atoms with van der Waals surface area (Å²) in [5, 5.41) is 13.6. The number of aromatic nitrogens is 2. The first-order valence-electron chi connectivity index (χ1n) is 7.82. The van der Waals surface area contributed by atoms with E-state index in [1.54, 1.807) is 0 Å². The summed E-state index contributed by atoms with van der Waals surface area (Å²) >= 11 is 0. The molecule has 2 rings (SSSR count). The van der Waals surface area contributed by atoms with Crippen LogP contribution in [0.5, 0.6) is 0 Å². The fourth-order valence-corrected chi connectivity index (χ4v) is 2.53. The molecule has 5 heteroatoms. The van der Waals surface area contributed by atoms with Gasteiger partial charge in [0, 0.05) is 30.3 Å². The molecule has 0 aliphatic heterocycles. The Labute approximate surface area is 137 Å². The SMILES string of the molecule is CN(CCC(=O)O)Cc1cn(-c2ccccc2)nc1C(C)(C)C. The molecule has 0 unspecified atom stereocenters. The lowest BCUT2D eigenvalue weighted by Gasteiger charge is -2.20. The number of carboxylic acids is 1. The number of nitrogens with zero attached hydrogens (tertiary/aromatic N) is 3. The molecule has 23 heavy (non-hydrogen) atoms. The van der Waals surface area contributed by atoms with Gasteiger partial charge in [0.2, 0.25) is 0 Å². The van der Waals surface area contributed by atoms with Crippen LogP contribution < -0.4 is 0 Å². The average Bonchev–Trinajstić information content (AvgIpc) is 2.90. The van der Waals surface area contributed by atoms with Crippen molar-refractivity contribution in [1.29, 1.82) is 0 Å². The first kappa shape index (κ1) is 17.2. The minimum Gasteiger partial charge on any atom is -0.481 e. The van der Waals surface area contributed by atoms with Crippen molar-refractivity contribution >= 4 is 5.97 Å². The standard InChI is InChI=1S/C18H25N3O2/c1-18(2,3)17-14(12-20(4)11-10-16(22)23)13-21(19-17)15-8-6-5-7-9-15/h5-9,13H,10-12H2,1-4H3,(H,22,23). The summed E-state index contributed by atoms with van der Waals surface area (Å²) < 4.78 is 1.90. The van der Waals surface area contributed by atoms with Crippen LogP contribution in [-0.2, 0) is 16.8 Å². The normalized spacial score (nSPS) is 11.9. The van der Waals surface area contributed by atoms with Crippen LogP contribution in [0.25, 0.3) is 5.69 Å². The number of aliphatic carboxylic acids is 1. The monoisotopic (exact) mass is 315 g/mol. The summed E-state index contributed by atoms with van der Waals surface area (Å²) in [7, 11) is 1.94. The lowest BCUT2D eigenvalue weighted by atomic mass is 9.89. The number of para-hydroxylation sites is 1. The van der Waals surface area contributed by atoms with E-state index in [1.807, 2.05) is 53.2 Å². The molecule has 0 saturated heterocycles. The highest BCUT2D eigenvalue weighted by molar-refractivity contribution is 5.66. The van der Waals surface area contributed by atoms with Crippen LogP contribution in [0.4, 0.5) is 0 Å². The molecule has 1 N–H and O–H groups in total. The van der Waals surface area contributed by atoms with E-state index in [0.29, 0.717) is 13.1 Å². The van der Waals surface area contributed by atoms with E-state index in [4.69, 9.17) is 10.2 Å². The zero-order valence-electron chi connectivity index (χ0n) is 14.3. The van der Waals surface area contributed by atoms with Crippen molar-refractivity contribution < 1.29 is 9.90 Å². The predicted molar refractivity (Wildman–Crippen MR) is 90.9 cm³/mol. The molecule has 0 radical (unpaired) electrons. The van der Waals surface area contributed by atoms with Gasteiger partial charge in [-0.25, -0.2) is 4.68 Å². The third-order valence-electron chi connectivity index (χ3n) is 3.67. The lowest BCUT2D eigenvalue weighted by Crippen LogP contribution is -2.23. The molecule has 0 atom stereocenters. The highest BCUT2D eigenvalue weighted by Gasteiger charge is 2.23. The summed E-state index contributed by atoms with van der Waals surface area (Å²) in [6, 6.07) is 10.0. The van der Waals surface area contributed by atoms with Gasteiger partial charge >= 0.3 is 5.97 Å². The fourth-order valence-electron chi connectivity index (χ4n) is 2.53. The Morgan fingerprint density at radius 3 is 2.48 bits per heavy atom. The van der Waals surface area contributed by atoms with Gasteiger partial charge < -0.3 is 10.0 Å². The van der Waals surface area contributed by atoms with E-state index < -0.39 is 5.97 Å². The zero-order chi connectivity index (χ0) is 17.0. The van der Waals surface area contributed by atoms with Crippen LogP contribution in [0, 0.1) is 0 Å². The molecule has 0 amide bonds. The summed E-state index contributed by atoms with van der Waals surface area (Å²) in [6.45, 7) is 7.64. The van der Waals surface area contributed by atoms with E-state index in [1.165, 1.54) is 0 Å². The molecule has 0 aliphatic rings. The topological polar surface area (TPSA) is 58.4 Å². The van der Waals surface area contributed by atoms with Gasteiger partial charge in [0.15, 0.2) is 0 Å². The van der Waals surface area contributed by atoms with Crippen molar-refractivity contribution in [2.45, 2.75) is 39.2 Å². The van der Waals surface area contributed by atoms with Gasteiger partial charge in [-0.15, -0.1) is 0 Å². The Hall–Kier alpha value is -2.14. The maximum atomic E-state index is 10.7. The molecule has 5 nitrogen and oxygen atoms in total. The second kappa shape index (κ2) is 6.96. The van der Waals surface area contributed by atoms with E-state index in [-0.39, 0.29) is 11.8 Å². The van der Waals surface area contributed by atoms with Gasteiger partial charge in [-0.2, -0.15) is 5.10 Å². The molecule has 0 aliphatic carbocycles. The maximum absolute atomic E-state index is 10.7. The third kappa shape index (κ3) is 4.66. The second-order valence-electron chi connectivity index (χ2n) is 6.91. The Bertz CT molecular complexity index is 657. The molecule has 1 aromatic heterocycles. The highest BCUT2D eigenvalue weighted by Crippen LogP contribution is 2.26. The molecule has 0 saturated carbocycles. The van der Waals surface area contributed by atoms with Crippen molar-refractivity contribution in [1.82, 2.24) is 14.7 Å². The van der Waals surface area contributed by atoms with Crippen LogP contribution in [0.2, 0.25) is 0 Å². The fraction of sp³-hybridized carbons (Fsp3) is 0.444. The minimum absolute atomic E-state index is 0.0665. The van der Waals surface area contributed by atoms with Gasteiger partial charge in [0.05, 0.1) is 17.8 Å². The number of carbonyl (C=O) groups is 1. The van der Waals surface area contributed by atoms with Crippen LogP contribution in [0.1, 0.15) is 38.4 Å². The lowest BCUT2D eigenvalue weighted by molar-refractivity contribution is -0.137. The first-order chi connectivity index (χ1) is 10.8. The molecule has 1 aromatic carbocycles. The molecule has 0 bridgehead atoms. The highest BCUT2D eigenvalue weighted by atomic mass is 16.4. The predicted octanol–water partition coefficient (Wildman–Crippen LogP) is 3.08. The molecule has 1 heterocycles. The Kier molecular flexibility index (Phi) is 5.21. The summed E-state index contributed by atoms with van der Waals surface area (Å²) in [6.07, 6.45) is 2.20.